The monoisotopic (exact) mass is 331 g/mol. The molecular formula is C15H17N5O2S. The maximum absolute atomic E-state index is 10.9. The van der Waals surface area contributed by atoms with Crippen LogP contribution >= 0.6 is 12.2 Å². The van der Waals surface area contributed by atoms with Gasteiger partial charge in [-0.25, -0.2) is 4.98 Å². The van der Waals surface area contributed by atoms with E-state index in [1.54, 1.807) is 0 Å². The van der Waals surface area contributed by atoms with E-state index in [1.807, 2.05) is 18.2 Å². The number of pyridine rings is 1. The first-order valence-corrected chi connectivity index (χ1v) is 7.51. The van der Waals surface area contributed by atoms with E-state index in [1.165, 1.54) is 23.9 Å². The molecule has 0 atom stereocenters. The smallest absolute Gasteiger partial charge is 0.313 e. The molecule has 7 nitrogen and oxygen atoms in total. The van der Waals surface area contributed by atoms with Gasteiger partial charge >= 0.3 is 5.69 Å². The van der Waals surface area contributed by atoms with E-state index < -0.39 is 4.92 Å². The number of aromatic nitrogens is 1. The third-order valence-corrected chi connectivity index (χ3v) is 3.29. The Bertz CT molecular complexity index is 666. The highest BCUT2D eigenvalue weighted by molar-refractivity contribution is 7.80. The highest BCUT2D eigenvalue weighted by Crippen LogP contribution is 2.18. The summed E-state index contributed by atoms with van der Waals surface area (Å²) < 4.78 is 0. The summed E-state index contributed by atoms with van der Waals surface area (Å²) in [6.07, 6.45) is 3.35. The highest BCUT2D eigenvalue weighted by Gasteiger charge is 2.13. The molecule has 2 aromatic rings. The molecule has 0 aliphatic carbocycles. The fourth-order valence-corrected chi connectivity index (χ4v) is 2.09. The molecule has 0 aliphatic heterocycles. The maximum atomic E-state index is 10.9. The van der Waals surface area contributed by atoms with Crippen molar-refractivity contribution in [3.05, 3.63) is 64.3 Å². The van der Waals surface area contributed by atoms with Gasteiger partial charge in [0.1, 0.15) is 0 Å². The standard InChI is InChI=1S/C15H17N5O2S/c21-20(22)13-9-5-10-16-14(13)18-19-15(23)17-11-4-8-12-6-2-1-3-7-12/h1-3,5-7,9-10H,4,8,11H2,(H,16,18)(H2,17,19,23). The van der Waals surface area contributed by atoms with Gasteiger partial charge < -0.3 is 5.32 Å². The third-order valence-electron chi connectivity index (χ3n) is 3.05. The average Bonchev–Trinajstić information content (AvgIpc) is 2.58. The van der Waals surface area contributed by atoms with E-state index in [0.717, 1.165) is 12.8 Å². The minimum atomic E-state index is -0.507. The Hall–Kier alpha value is -2.74. The summed E-state index contributed by atoms with van der Waals surface area (Å²) in [5, 5.41) is 14.3. The molecule has 0 amide bonds. The van der Waals surface area contributed by atoms with Gasteiger partial charge in [0.05, 0.1) is 4.92 Å². The first-order valence-electron chi connectivity index (χ1n) is 7.10. The van der Waals surface area contributed by atoms with E-state index >= 15 is 0 Å². The molecular weight excluding hydrogens is 314 g/mol. The Morgan fingerprint density at radius 2 is 2.00 bits per heavy atom. The van der Waals surface area contributed by atoms with Crippen molar-refractivity contribution in [2.24, 2.45) is 0 Å². The Morgan fingerprint density at radius 1 is 1.22 bits per heavy atom. The van der Waals surface area contributed by atoms with Crippen LogP contribution in [0.3, 0.4) is 0 Å². The van der Waals surface area contributed by atoms with Gasteiger partial charge in [-0.1, -0.05) is 30.3 Å². The summed E-state index contributed by atoms with van der Waals surface area (Å²) in [6, 6.07) is 13.0. The van der Waals surface area contributed by atoms with Gasteiger partial charge in [-0.3, -0.25) is 21.0 Å². The molecule has 0 spiro atoms. The summed E-state index contributed by atoms with van der Waals surface area (Å²) in [4.78, 5) is 14.3. The van der Waals surface area contributed by atoms with Crippen molar-refractivity contribution in [2.45, 2.75) is 12.8 Å². The van der Waals surface area contributed by atoms with Gasteiger partial charge in [0, 0.05) is 18.8 Å². The Balaban J connectivity index is 1.70. The maximum Gasteiger partial charge on any atom is 0.313 e. The van der Waals surface area contributed by atoms with Crippen molar-refractivity contribution in [3.8, 4) is 0 Å². The predicted octanol–water partition coefficient (Wildman–Crippen LogP) is 2.41. The largest absolute Gasteiger partial charge is 0.361 e. The van der Waals surface area contributed by atoms with Gasteiger partial charge in [0.15, 0.2) is 5.11 Å². The van der Waals surface area contributed by atoms with Crippen LogP contribution in [0.5, 0.6) is 0 Å². The van der Waals surface area contributed by atoms with E-state index in [9.17, 15) is 10.1 Å². The van der Waals surface area contributed by atoms with Gasteiger partial charge in [-0.2, -0.15) is 0 Å². The molecule has 2 rings (SSSR count). The summed E-state index contributed by atoms with van der Waals surface area (Å²) in [7, 11) is 0. The van der Waals surface area contributed by atoms with Gasteiger partial charge in [0.2, 0.25) is 5.82 Å². The fourth-order valence-electron chi connectivity index (χ4n) is 1.94. The lowest BCUT2D eigenvalue weighted by molar-refractivity contribution is -0.384. The summed E-state index contributed by atoms with van der Waals surface area (Å²) in [5.41, 5.74) is 6.50. The molecule has 0 unspecified atom stereocenters. The topological polar surface area (TPSA) is 92.1 Å². The number of thiocarbonyl (C=S) groups is 1. The van der Waals surface area contributed by atoms with Crippen molar-refractivity contribution in [3.63, 3.8) is 0 Å². The molecule has 3 N–H and O–H groups in total. The van der Waals surface area contributed by atoms with Gasteiger partial charge in [0.25, 0.3) is 0 Å². The molecule has 0 fully saturated rings. The van der Waals surface area contributed by atoms with E-state index in [4.69, 9.17) is 12.2 Å². The lowest BCUT2D eigenvalue weighted by Gasteiger charge is -2.11. The Morgan fingerprint density at radius 3 is 2.74 bits per heavy atom. The number of anilines is 1. The van der Waals surface area contributed by atoms with E-state index in [-0.39, 0.29) is 11.5 Å². The molecule has 0 saturated heterocycles. The second-order valence-electron chi connectivity index (χ2n) is 4.72. The zero-order chi connectivity index (χ0) is 16.5. The number of hydrazine groups is 1. The van der Waals surface area contributed by atoms with Crippen LogP contribution in [0.15, 0.2) is 48.7 Å². The average molecular weight is 331 g/mol. The van der Waals surface area contributed by atoms with Crippen LogP contribution in [0, 0.1) is 10.1 Å². The molecule has 0 bridgehead atoms. The molecule has 0 radical (unpaired) electrons. The van der Waals surface area contributed by atoms with Crippen molar-refractivity contribution >= 4 is 28.8 Å². The second kappa shape index (κ2) is 8.64. The quantitative estimate of drug-likeness (QED) is 0.310. The molecule has 1 aromatic heterocycles. The number of nitrogens with zero attached hydrogens (tertiary/aromatic N) is 2. The summed E-state index contributed by atoms with van der Waals surface area (Å²) in [5.74, 6) is 0.117. The SMILES string of the molecule is O=[N+]([O-])c1cccnc1NNC(=S)NCCCc1ccccc1. The molecule has 0 aliphatic rings. The Kier molecular flexibility index (Phi) is 6.25. The number of aryl methyl sites for hydroxylation is 1. The second-order valence-corrected chi connectivity index (χ2v) is 5.13. The number of nitrogens with one attached hydrogen (secondary N) is 3. The van der Waals surface area contributed by atoms with Gasteiger partial charge in [-0.05, 0) is 36.7 Å². The first kappa shape index (κ1) is 16.6. The predicted molar refractivity (Wildman–Crippen MR) is 93.0 cm³/mol. The van der Waals surface area contributed by atoms with Crippen molar-refractivity contribution < 1.29 is 4.92 Å². The molecule has 0 saturated carbocycles. The number of hydrogen-bond donors (Lipinski definition) is 3. The van der Waals surface area contributed by atoms with E-state index in [2.05, 4.69) is 33.3 Å². The molecule has 8 heteroatoms. The Labute approximate surface area is 139 Å². The van der Waals surface area contributed by atoms with Crippen LogP contribution in [0.25, 0.3) is 0 Å². The fraction of sp³-hybridized carbons (Fsp3) is 0.200. The lowest BCUT2D eigenvalue weighted by Crippen LogP contribution is -2.39. The first-order chi connectivity index (χ1) is 11.2. The normalized spacial score (nSPS) is 9.91. The molecule has 23 heavy (non-hydrogen) atoms. The number of benzene rings is 1. The molecule has 1 heterocycles. The van der Waals surface area contributed by atoms with Crippen molar-refractivity contribution in [2.75, 3.05) is 12.0 Å². The van der Waals surface area contributed by atoms with Gasteiger partial charge in [-0.15, -0.1) is 0 Å². The van der Waals surface area contributed by atoms with Crippen LogP contribution < -0.4 is 16.2 Å². The highest BCUT2D eigenvalue weighted by atomic mass is 32.1. The molecule has 1 aromatic carbocycles. The van der Waals surface area contributed by atoms with Crippen LogP contribution in [-0.4, -0.2) is 21.6 Å². The van der Waals surface area contributed by atoms with Crippen LogP contribution in [-0.2, 0) is 6.42 Å². The number of nitro groups is 1. The van der Waals surface area contributed by atoms with Crippen molar-refractivity contribution in [1.29, 1.82) is 0 Å². The zero-order valence-corrected chi connectivity index (χ0v) is 13.2. The lowest BCUT2D eigenvalue weighted by atomic mass is 10.1. The van der Waals surface area contributed by atoms with Crippen LogP contribution in [0.2, 0.25) is 0 Å². The summed E-state index contributed by atoms with van der Waals surface area (Å²) >= 11 is 5.11. The zero-order valence-electron chi connectivity index (χ0n) is 12.4. The van der Waals surface area contributed by atoms with Crippen LogP contribution in [0.1, 0.15) is 12.0 Å². The van der Waals surface area contributed by atoms with Crippen molar-refractivity contribution in [1.82, 2.24) is 15.7 Å². The molecule has 120 valence electrons. The minimum absolute atomic E-state index is 0.117. The number of hydrogen-bond acceptors (Lipinski definition) is 5. The van der Waals surface area contributed by atoms with Crippen LogP contribution in [0.4, 0.5) is 11.5 Å². The van der Waals surface area contributed by atoms with E-state index in [0.29, 0.717) is 11.7 Å². The number of rotatable bonds is 7. The summed E-state index contributed by atoms with van der Waals surface area (Å²) in [6.45, 7) is 0.701. The minimum Gasteiger partial charge on any atom is -0.361 e. The third kappa shape index (κ3) is 5.51.